The fourth-order valence-electron chi connectivity index (χ4n) is 5.73. The first kappa shape index (κ1) is 33.6. The number of aliphatic imine (C=N–C) groups is 3. The molecular weight excluding hydrogens is 648 g/mol. The van der Waals surface area contributed by atoms with Gasteiger partial charge in [0.25, 0.3) is 0 Å². The van der Waals surface area contributed by atoms with Gasteiger partial charge in [0, 0.05) is 24.3 Å². The third kappa shape index (κ3) is 6.44. The fraction of sp³-hybridized carbons (Fsp3) is 0.344. The van der Waals surface area contributed by atoms with Crippen LogP contribution < -0.4 is 18.9 Å². The van der Waals surface area contributed by atoms with E-state index in [1.807, 2.05) is 0 Å². The normalized spacial score (nSPS) is 27.8. The number of methoxy groups -OCH3 is 1. The number of hydrogen-bond acceptors (Lipinski definition) is 15. The summed E-state index contributed by atoms with van der Waals surface area (Å²) in [4.78, 5) is 23.9. The molecule has 0 aliphatic carbocycles. The zero-order valence-electron chi connectivity index (χ0n) is 25.7. The number of aliphatic carboxylic acids is 1. The van der Waals surface area contributed by atoms with Crippen LogP contribution >= 0.6 is 0 Å². The van der Waals surface area contributed by atoms with Crippen molar-refractivity contribution in [3.63, 3.8) is 0 Å². The number of benzene rings is 2. The van der Waals surface area contributed by atoms with Gasteiger partial charge in [-0.2, -0.15) is 0 Å². The third-order valence-corrected chi connectivity index (χ3v) is 8.22. The topological polar surface area (TPSA) is 266 Å². The lowest BCUT2D eigenvalue weighted by atomic mass is 9.80. The molecule has 0 saturated carbocycles. The number of aromatic hydroxyl groups is 1. The minimum absolute atomic E-state index is 0.0368. The molecule has 0 amide bonds. The van der Waals surface area contributed by atoms with Crippen molar-refractivity contribution in [2.24, 2.45) is 15.0 Å². The first-order valence-corrected chi connectivity index (χ1v) is 14.8. The first-order chi connectivity index (χ1) is 23.4. The number of carboxylic acid groups (broad SMARTS) is 1. The number of hydrogen-bond donors (Lipinski definition) is 8. The van der Waals surface area contributed by atoms with Crippen LogP contribution in [0.3, 0.4) is 0 Å². The summed E-state index contributed by atoms with van der Waals surface area (Å²) >= 11 is 0. The van der Waals surface area contributed by atoms with E-state index in [9.17, 15) is 40.5 Å². The molecule has 1 saturated heterocycles. The maximum absolute atomic E-state index is 12.2. The van der Waals surface area contributed by atoms with Crippen LogP contribution in [0, 0.1) is 5.41 Å². The molecule has 17 nitrogen and oxygen atoms in total. The lowest BCUT2D eigenvalue weighted by molar-refractivity contribution is -0.303. The van der Waals surface area contributed by atoms with Crippen LogP contribution in [0.2, 0.25) is 0 Å². The summed E-state index contributed by atoms with van der Waals surface area (Å²) in [6.07, 6.45) is -4.88. The van der Waals surface area contributed by atoms with Gasteiger partial charge in [-0.3, -0.25) is 10.4 Å². The minimum atomic E-state index is -2.50. The van der Waals surface area contributed by atoms with Gasteiger partial charge in [-0.1, -0.05) is 12.1 Å². The van der Waals surface area contributed by atoms with Crippen LogP contribution in [-0.2, 0) is 9.53 Å². The largest absolute Gasteiger partial charge is 0.507 e. The van der Waals surface area contributed by atoms with Gasteiger partial charge in [-0.15, -0.1) is 0 Å². The van der Waals surface area contributed by atoms with E-state index in [1.165, 1.54) is 37.7 Å². The second-order valence-electron chi connectivity index (χ2n) is 11.5. The number of rotatable bonds is 11. The van der Waals surface area contributed by atoms with Crippen molar-refractivity contribution >= 4 is 35.3 Å². The number of ether oxygens (including phenoxy) is 5. The van der Waals surface area contributed by atoms with Crippen LogP contribution in [0.4, 0.5) is 0 Å². The van der Waals surface area contributed by atoms with E-state index in [0.717, 1.165) is 0 Å². The van der Waals surface area contributed by atoms with E-state index in [1.54, 1.807) is 24.3 Å². The van der Waals surface area contributed by atoms with Crippen molar-refractivity contribution in [1.82, 2.24) is 0 Å². The molecule has 0 aromatic heterocycles. The van der Waals surface area contributed by atoms with Gasteiger partial charge >= 0.3 is 5.97 Å². The maximum atomic E-state index is 12.2. The summed E-state index contributed by atoms with van der Waals surface area (Å²) in [5.74, 6) is -2.93. The molecule has 6 rings (SSSR count). The van der Waals surface area contributed by atoms with Crippen LogP contribution in [0.25, 0.3) is 5.76 Å². The Morgan fingerprint density at radius 2 is 1.94 bits per heavy atom. The highest BCUT2D eigenvalue weighted by Crippen LogP contribution is 2.51. The fourth-order valence-corrected chi connectivity index (χ4v) is 5.73. The Morgan fingerprint density at radius 3 is 2.57 bits per heavy atom. The number of phenols is 1. The van der Waals surface area contributed by atoms with Gasteiger partial charge < -0.3 is 59.4 Å². The lowest BCUT2D eigenvalue weighted by Crippen LogP contribution is -2.69. The second kappa shape index (κ2) is 13.3. The number of amidine groups is 1. The van der Waals surface area contributed by atoms with Crippen LogP contribution in [0.5, 0.6) is 28.7 Å². The molecule has 2 aromatic carbocycles. The molecular formula is C32H32N4O13. The van der Waals surface area contributed by atoms with Gasteiger partial charge in [0.1, 0.15) is 71.6 Å². The summed E-state index contributed by atoms with van der Waals surface area (Å²) in [6, 6.07) is 7.73. The average Bonchev–Trinajstić information content (AvgIpc) is 3.75. The van der Waals surface area contributed by atoms with Gasteiger partial charge in [0.05, 0.1) is 19.4 Å². The second-order valence-corrected chi connectivity index (χ2v) is 11.5. The number of nitrogens with one attached hydrogen (secondary N) is 1. The summed E-state index contributed by atoms with van der Waals surface area (Å²) in [6.45, 7) is -0.0454. The summed E-state index contributed by atoms with van der Waals surface area (Å²) in [5.41, 5.74) is -1.52. The Bertz CT molecular complexity index is 1800. The van der Waals surface area contributed by atoms with E-state index in [0.29, 0.717) is 17.0 Å². The van der Waals surface area contributed by atoms with E-state index in [2.05, 4.69) is 15.0 Å². The lowest BCUT2D eigenvalue weighted by Gasteiger charge is -2.46. The Balaban J connectivity index is 1.20. The molecule has 4 heterocycles. The SMILES string of the molecule is COc1c(OC2OC(C(=O)O)C(O)(CC3=NC=NC3)C(O)C2O)cc2c(c1O)C(O)=CC(c1ccc(OCC(O)C3=NC(=N)C=C3)cc1)O2. The predicted molar refractivity (Wildman–Crippen MR) is 170 cm³/mol. The monoisotopic (exact) mass is 680 g/mol. The molecule has 2 aromatic rings. The van der Waals surface area contributed by atoms with Crippen molar-refractivity contribution in [2.75, 3.05) is 20.3 Å². The first-order valence-electron chi connectivity index (χ1n) is 14.8. The van der Waals surface area contributed by atoms with Crippen LogP contribution in [-0.4, -0.2) is 122 Å². The van der Waals surface area contributed by atoms with E-state index in [-0.39, 0.29) is 53.3 Å². The highest BCUT2D eigenvalue weighted by molar-refractivity contribution is 6.15. The number of phenolic OH excluding ortho intramolecular Hbond substituents is 1. The highest BCUT2D eigenvalue weighted by atomic mass is 16.7. The summed E-state index contributed by atoms with van der Waals surface area (Å²) in [5, 5.41) is 82.6. The van der Waals surface area contributed by atoms with E-state index in [4.69, 9.17) is 29.1 Å². The Labute approximate surface area is 277 Å². The van der Waals surface area contributed by atoms with Crippen LogP contribution in [0.1, 0.15) is 23.7 Å². The number of carboxylic acids is 1. The third-order valence-electron chi connectivity index (χ3n) is 8.22. The van der Waals surface area contributed by atoms with Gasteiger partial charge in [0.2, 0.25) is 12.0 Å². The molecule has 0 bridgehead atoms. The van der Waals surface area contributed by atoms with Crippen molar-refractivity contribution in [2.45, 2.75) is 48.8 Å². The van der Waals surface area contributed by atoms with E-state index >= 15 is 0 Å². The number of fused-ring (bicyclic) bond motifs is 1. The molecule has 7 atom stereocenters. The quantitative estimate of drug-likeness (QED) is 0.162. The molecule has 8 N–H and O–H groups in total. The van der Waals surface area contributed by atoms with Crippen LogP contribution in [0.15, 0.2) is 63.5 Å². The van der Waals surface area contributed by atoms with E-state index < -0.39 is 60.6 Å². The van der Waals surface area contributed by atoms with Crippen molar-refractivity contribution in [3.05, 3.63) is 59.7 Å². The smallest absolute Gasteiger partial charge is 0.336 e. The van der Waals surface area contributed by atoms with Crippen molar-refractivity contribution in [1.29, 1.82) is 5.41 Å². The molecule has 0 radical (unpaired) electrons. The predicted octanol–water partition coefficient (Wildman–Crippen LogP) is 0.675. The molecule has 7 unspecified atom stereocenters. The Hall–Kier alpha value is -5.33. The summed E-state index contributed by atoms with van der Waals surface area (Å²) < 4.78 is 28.2. The zero-order chi connectivity index (χ0) is 35.0. The highest BCUT2D eigenvalue weighted by Gasteiger charge is 2.59. The number of aliphatic hydroxyl groups excluding tert-OH is 4. The molecule has 17 heteroatoms. The average molecular weight is 681 g/mol. The number of carbonyl (C=O) groups is 1. The number of aliphatic hydroxyl groups is 5. The molecule has 258 valence electrons. The number of nitrogens with zero attached hydrogens (tertiary/aromatic N) is 3. The van der Waals surface area contributed by atoms with Gasteiger partial charge in [-0.05, 0) is 29.8 Å². The van der Waals surface area contributed by atoms with Gasteiger partial charge in [0.15, 0.2) is 17.6 Å². The maximum Gasteiger partial charge on any atom is 0.336 e. The van der Waals surface area contributed by atoms with Crippen molar-refractivity contribution < 1.29 is 64.2 Å². The van der Waals surface area contributed by atoms with Gasteiger partial charge in [-0.25, -0.2) is 14.8 Å². The molecule has 0 spiro atoms. The standard InChI is InChI=1S/C32H32N4O13/c1-45-27-22(48-31-26(40)28(41)32(44,29(49-31)30(42)43)10-15-11-34-13-35-15)9-21-24(25(27)39)18(37)8-20(47-21)14-2-4-16(5-3-14)46-12-19(38)17-6-7-23(33)36-17/h2-9,13,19-20,26,28-29,31,33,37-41,44H,10-12H2,1H3,(H,42,43). The molecule has 4 aliphatic heterocycles. The Morgan fingerprint density at radius 1 is 1.18 bits per heavy atom. The minimum Gasteiger partial charge on any atom is -0.507 e. The molecule has 1 fully saturated rings. The zero-order valence-corrected chi connectivity index (χ0v) is 25.7. The van der Waals surface area contributed by atoms with Crippen molar-refractivity contribution in [3.8, 4) is 28.7 Å². The molecule has 49 heavy (non-hydrogen) atoms. The summed E-state index contributed by atoms with van der Waals surface area (Å²) in [7, 11) is 1.18. The Kier molecular flexibility index (Phi) is 9.10. The molecule has 4 aliphatic rings.